The van der Waals surface area contributed by atoms with Gasteiger partial charge in [0, 0.05) is 23.9 Å². The molecule has 0 fully saturated rings. The van der Waals surface area contributed by atoms with E-state index in [0.29, 0.717) is 17.6 Å². The van der Waals surface area contributed by atoms with E-state index in [1.165, 1.54) is 0 Å². The average molecular weight is 314 g/mol. The molecule has 0 bridgehead atoms. The van der Waals surface area contributed by atoms with Crippen LogP contribution in [0.15, 0.2) is 85.6 Å². The van der Waals surface area contributed by atoms with Crippen molar-refractivity contribution in [2.75, 3.05) is 11.9 Å². The quantitative estimate of drug-likeness (QED) is 0.657. The standard InChI is InChI=1S/C20H18N4/c1-4-15(2)24(3)20-22-18(16-11-7-5-8-12-16)21-19(23-20)17-13-9-6-10-14-17/h4-14H,1-2H2,3H3. The number of benzene rings is 2. The Morgan fingerprint density at radius 2 is 1.29 bits per heavy atom. The Hall–Kier alpha value is -3.27. The van der Waals surface area contributed by atoms with E-state index < -0.39 is 0 Å². The van der Waals surface area contributed by atoms with Crippen molar-refractivity contribution >= 4 is 5.95 Å². The molecule has 0 N–H and O–H groups in total. The van der Waals surface area contributed by atoms with E-state index in [1.54, 1.807) is 11.0 Å². The summed E-state index contributed by atoms with van der Waals surface area (Å²) in [6, 6.07) is 19.7. The molecule has 0 aliphatic heterocycles. The number of aromatic nitrogens is 3. The molecule has 3 rings (SSSR count). The predicted octanol–water partition coefficient (Wildman–Crippen LogP) is 4.34. The van der Waals surface area contributed by atoms with Gasteiger partial charge in [0.25, 0.3) is 0 Å². The first-order valence-electron chi connectivity index (χ1n) is 7.61. The lowest BCUT2D eigenvalue weighted by atomic mass is 10.2. The van der Waals surface area contributed by atoms with Crippen molar-refractivity contribution in [1.29, 1.82) is 0 Å². The summed E-state index contributed by atoms with van der Waals surface area (Å²) >= 11 is 0. The second-order valence-electron chi connectivity index (χ2n) is 5.27. The molecule has 0 aliphatic carbocycles. The number of rotatable bonds is 5. The third kappa shape index (κ3) is 3.22. The zero-order chi connectivity index (χ0) is 16.9. The zero-order valence-electron chi connectivity index (χ0n) is 13.6. The zero-order valence-corrected chi connectivity index (χ0v) is 13.6. The predicted molar refractivity (Wildman–Crippen MR) is 98.4 cm³/mol. The van der Waals surface area contributed by atoms with Gasteiger partial charge in [-0.25, -0.2) is 4.98 Å². The summed E-state index contributed by atoms with van der Waals surface area (Å²) in [4.78, 5) is 15.6. The van der Waals surface area contributed by atoms with E-state index in [0.717, 1.165) is 16.8 Å². The van der Waals surface area contributed by atoms with Crippen LogP contribution in [0.1, 0.15) is 0 Å². The molecule has 0 aliphatic rings. The van der Waals surface area contributed by atoms with Crippen molar-refractivity contribution in [2.45, 2.75) is 0 Å². The maximum Gasteiger partial charge on any atom is 0.233 e. The third-order valence-corrected chi connectivity index (χ3v) is 3.65. The summed E-state index contributed by atoms with van der Waals surface area (Å²) in [6.45, 7) is 7.72. The molecule has 4 nitrogen and oxygen atoms in total. The minimum Gasteiger partial charge on any atom is -0.314 e. The Morgan fingerprint density at radius 1 is 0.833 bits per heavy atom. The highest BCUT2D eigenvalue weighted by Gasteiger charge is 2.13. The molecule has 0 saturated carbocycles. The van der Waals surface area contributed by atoms with Gasteiger partial charge in [0.05, 0.1) is 0 Å². The van der Waals surface area contributed by atoms with Crippen LogP contribution in [0.2, 0.25) is 0 Å². The van der Waals surface area contributed by atoms with Crippen molar-refractivity contribution in [3.05, 3.63) is 85.6 Å². The Bertz CT molecular complexity index is 800. The van der Waals surface area contributed by atoms with Crippen LogP contribution in [-0.4, -0.2) is 22.0 Å². The van der Waals surface area contributed by atoms with E-state index in [-0.39, 0.29) is 0 Å². The number of hydrogen-bond acceptors (Lipinski definition) is 4. The van der Waals surface area contributed by atoms with E-state index in [1.807, 2.05) is 67.7 Å². The van der Waals surface area contributed by atoms with Crippen molar-refractivity contribution in [1.82, 2.24) is 15.0 Å². The van der Waals surface area contributed by atoms with Crippen molar-refractivity contribution < 1.29 is 0 Å². The fourth-order valence-corrected chi connectivity index (χ4v) is 2.21. The molecular weight excluding hydrogens is 296 g/mol. The van der Waals surface area contributed by atoms with E-state index in [2.05, 4.69) is 28.1 Å². The molecule has 0 atom stereocenters. The fourth-order valence-electron chi connectivity index (χ4n) is 2.21. The maximum atomic E-state index is 4.64. The van der Waals surface area contributed by atoms with E-state index >= 15 is 0 Å². The summed E-state index contributed by atoms with van der Waals surface area (Å²) in [5, 5.41) is 0. The van der Waals surface area contributed by atoms with Gasteiger partial charge in [0.1, 0.15) is 0 Å². The van der Waals surface area contributed by atoms with Gasteiger partial charge in [-0.3, -0.25) is 0 Å². The summed E-state index contributed by atoms with van der Waals surface area (Å²) < 4.78 is 0. The molecule has 0 amide bonds. The van der Waals surface area contributed by atoms with Gasteiger partial charge in [0.15, 0.2) is 11.6 Å². The molecule has 0 saturated heterocycles. The highest BCUT2D eigenvalue weighted by atomic mass is 15.3. The summed E-state index contributed by atoms with van der Waals surface area (Å²) in [5.74, 6) is 1.79. The van der Waals surface area contributed by atoms with Crippen LogP contribution in [0.25, 0.3) is 22.8 Å². The fraction of sp³-hybridized carbons (Fsp3) is 0.0500. The van der Waals surface area contributed by atoms with Crippen LogP contribution >= 0.6 is 0 Å². The van der Waals surface area contributed by atoms with Crippen LogP contribution in [0.3, 0.4) is 0 Å². The SMILES string of the molecule is C=CC(=C)N(C)c1nc(-c2ccccc2)nc(-c2ccccc2)n1. The van der Waals surface area contributed by atoms with Gasteiger partial charge < -0.3 is 4.90 Å². The lowest BCUT2D eigenvalue weighted by Gasteiger charge is -2.18. The van der Waals surface area contributed by atoms with E-state index in [4.69, 9.17) is 0 Å². The number of likely N-dealkylation sites (N-methyl/N-ethyl adjacent to an activating group) is 1. The number of hydrogen-bond donors (Lipinski definition) is 0. The third-order valence-electron chi connectivity index (χ3n) is 3.65. The second kappa shape index (κ2) is 6.87. The van der Waals surface area contributed by atoms with Gasteiger partial charge in [0.2, 0.25) is 5.95 Å². The number of allylic oxidation sites excluding steroid dienone is 1. The van der Waals surface area contributed by atoms with Crippen LogP contribution < -0.4 is 4.90 Å². The topological polar surface area (TPSA) is 41.9 Å². The van der Waals surface area contributed by atoms with Crippen LogP contribution in [-0.2, 0) is 0 Å². The lowest BCUT2D eigenvalue weighted by molar-refractivity contribution is 0.976. The Morgan fingerprint density at radius 3 is 1.71 bits per heavy atom. The highest BCUT2D eigenvalue weighted by Crippen LogP contribution is 2.23. The first kappa shape index (κ1) is 15.6. The summed E-state index contributed by atoms with van der Waals surface area (Å²) in [6.07, 6.45) is 1.67. The van der Waals surface area contributed by atoms with Crippen molar-refractivity contribution in [2.24, 2.45) is 0 Å². The Kier molecular flexibility index (Phi) is 4.47. The molecule has 1 aromatic heterocycles. The minimum atomic E-state index is 0.535. The van der Waals surface area contributed by atoms with Gasteiger partial charge in [-0.1, -0.05) is 73.8 Å². The molecule has 24 heavy (non-hydrogen) atoms. The molecule has 0 radical (unpaired) electrons. The largest absolute Gasteiger partial charge is 0.314 e. The Balaban J connectivity index is 2.16. The molecular formula is C20H18N4. The molecule has 0 spiro atoms. The van der Waals surface area contributed by atoms with Gasteiger partial charge >= 0.3 is 0 Å². The summed E-state index contributed by atoms with van der Waals surface area (Å²) in [7, 11) is 1.86. The van der Waals surface area contributed by atoms with Gasteiger partial charge in [-0.15, -0.1) is 0 Å². The molecule has 1 heterocycles. The van der Waals surface area contributed by atoms with E-state index in [9.17, 15) is 0 Å². The number of nitrogens with zero attached hydrogens (tertiary/aromatic N) is 4. The normalized spacial score (nSPS) is 10.2. The van der Waals surface area contributed by atoms with Crippen LogP contribution in [0, 0.1) is 0 Å². The second-order valence-corrected chi connectivity index (χ2v) is 5.27. The molecule has 3 aromatic rings. The molecule has 4 heteroatoms. The minimum absolute atomic E-state index is 0.535. The van der Waals surface area contributed by atoms with Crippen molar-refractivity contribution in [3.63, 3.8) is 0 Å². The average Bonchev–Trinajstić information content (AvgIpc) is 2.67. The highest BCUT2D eigenvalue weighted by molar-refractivity contribution is 5.63. The Labute approximate surface area is 141 Å². The van der Waals surface area contributed by atoms with Gasteiger partial charge in [-0.05, 0) is 6.08 Å². The van der Waals surface area contributed by atoms with Crippen LogP contribution in [0.4, 0.5) is 5.95 Å². The molecule has 2 aromatic carbocycles. The molecule has 0 unspecified atom stereocenters. The lowest BCUT2D eigenvalue weighted by Crippen LogP contribution is -2.18. The van der Waals surface area contributed by atoms with Gasteiger partial charge in [-0.2, -0.15) is 9.97 Å². The smallest absolute Gasteiger partial charge is 0.233 e. The first-order chi connectivity index (χ1) is 11.7. The number of anilines is 1. The first-order valence-corrected chi connectivity index (χ1v) is 7.61. The monoisotopic (exact) mass is 314 g/mol. The maximum absolute atomic E-state index is 4.64. The molecule has 118 valence electrons. The van der Waals surface area contributed by atoms with Crippen molar-refractivity contribution in [3.8, 4) is 22.8 Å². The summed E-state index contributed by atoms with van der Waals surface area (Å²) in [5.41, 5.74) is 2.60. The van der Waals surface area contributed by atoms with Crippen LogP contribution in [0.5, 0.6) is 0 Å².